The summed E-state index contributed by atoms with van der Waals surface area (Å²) in [5.41, 5.74) is 3.44. The largest absolute Gasteiger partial charge is 0.325 e. The molecule has 0 aliphatic heterocycles. The molecule has 0 aliphatic rings. The minimum absolute atomic E-state index is 0.265. The van der Waals surface area contributed by atoms with Crippen molar-refractivity contribution in [2.75, 3.05) is 10.6 Å². The van der Waals surface area contributed by atoms with Crippen LogP contribution in [0.25, 0.3) is 0 Å². The summed E-state index contributed by atoms with van der Waals surface area (Å²) in [6, 6.07) is 13.0. The van der Waals surface area contributed by atoms with Crippen LogP contribution < -0.4 is 10.6 Å². The molecule has 0 atom stereocenters. The zero-order chi connectivity index (χ0) is 19.3. The number of halogens is 1. The molecule has 0 saturated heterocycles. The summed E-state index contributed by atoms with van der Waals surface area (Å²) >= 11 is 6.03. The Hall–Kier alpha value is -2.33. The van der Waals surface area contributed by atoms with Gasteiger partial charge in [-0.2, -0.15) is 0 Å². The summed E-state index contributed by atoms with van der Waals surface area (Å²) in [6.45, 7) is 8.33. The van der Waals surface area contributed by atoms with Crippen LogP contribution >= 0.6 is 11.6 Å². The lowest BCUT2D eigenvalue weighted by Crippen LogP contribution is -2.23. The van der Waals surface area contributed by atoms with E-state index in [0.29, 0.717) is 10.7 Å². The van der Waals surface area contributed by atoms with Crippen molar-refractivity contribution in [1.29, 1.82) is 0 Å². The highest BCUT2D eigenvalue weighted by molar-refractivity contribution is 6.33. The number of benzene rings is 2. The molecular formula is C21H25ClN2O2. The van der Waals surface area contributed by atoms with Crippen LogP contribution in [0.3, 0.4) is 0 Å². The van der Waals surface area contributed by atoms with E-state index in [9.17, 15) is 9.59 Å². The van der Waals surface area contributed by atoms with E-state index in [4.69, 9.17) is 11.6 Å². The molecule has 5 heteroatoms. The summed E-state index contributed by atoms with van der Waals surface area (Å²) in [4.78, 5) is 24.6. The van der Waals surface area contributed by atoms with Crippen molar-refractivity contribution in [2.24, 2.45) is 0 Å². The first-order chi connectivity index (χ1) is 12.3. The Labute approximate surface area is 159 Å². The standard InChI is InChI=1S/C21H25ClN2O2/c1-13(2)15-8-7-9-16(14(3)4)21(15)24-20(26)12-19(25)23-18-11-6-5-10-17(18)22/h5-11,13-14H,12H2,1-4H3,(H,23,25)(H,24,26). The van der Waals surface area contributed by atoms with Crippen LogP contribution in [-0.4, -0.2) is 11.8 Å². The van der Waals surface area contributed by atoms with Crippen molar-refractivity contribution in [2.45, 2.75) is 46.0 Å². The SMILES string of the molecule is CC(C)c1cccc(C(C)C)c1NC(=O)CC(=O)Nc1ccccc1Cl. The topological polar surface area (TPSA) is 58.2 Å². The predicted octanol–water partition coefficient (Wildman–Crippen LogP) is 5.55. The molecule has 2 N–H and O–H groups in total. The molecule has 0 saturated carbocycles. The van der Waals surface area contributed by atoms with Crippen LogP contribution in [0.2, 0.25) is 5.02 Å². The minimum atomic E-state index is -0.399. The Bertz CT molecular complexity index is 774. The number of carbonyl (C=O) groups is 2. The Morgan fingerprint density at radius 3 is 1.92 bits per heavy atom. The van der Waals surface area contributed by atoms with Gasteiger partial charge < -0.3 is 10.6 Å². The van der Waals surface area contributed by atoms with Crippen LogP contribution in [0.15, 0.2) is 42.5 Å². The number of hydrogen-bond acceptors (Lipinski definition) is 2. The van der Waals surface area contributed by atoms with Crippen molar-refractivity contribution in [1.82, 2.24) is 0 Å². The van der Waals surface area contributed by atoms with Crippen molar-refractivity contribution in [3.8, 4) is 0 Å². The van der Waals surface area contributed by atoms with E-state index in [1.807, 2.05) is 18.2 Å². The van der Waals surface area contributed by atoms with E-state index >= 15 is 0 Å². The van der Waals surface area contributed by atoms with Crippen molar-refractivity contribution in [3.05, 3.63) is 58.6 Å². The lowest BCUT2D eigenvalue weighted by atomic mass is 9.92. The third kappa shape index (κ3) is 5.09. The highest BCUT2D eigenvalue weighted by atomic mass is 35.5. The lowest BCUT2D eigenvalue weighted by molar-refractivity contribution is -0.123. The van der Waals surface area contributed by atoms with Crippen LogP contribution in [0.4, 0.5) is 11.4 Å². The average molecular weight is 373 g/mol. The second kappa shape index (κ2) is 8.86. The molecule has 0 spiro atoms. The van der Waals surface area contributed by atoms with Gasteiger partial charge in [-0.25, -0.2) is 0 Å². The van der Waals surface area contributed by atoms with Gasteiger partial charge in [0, 0.05) is 5.69 Å². The zero-order valence-electron chi connectivity index (χ0n) is 15.6. The predicted molar refractivity (Wildman–Crippen MR) is 108 cm³/mol. The first-order valence-electron chi connectivity index (χ1n) is 8.76. The number of amides is 2. The van der Waals surface area contributed by atoms with Gasteiger partial charge in [0.25, 0.3) is 0 Å². The first kappa shape index (κ1) is 20.0. The molecule has 2 rings (SSSR count). The molecule has 0 unspecified atom stereocenters. The molecule has 0 fully saturated rings. The molecule has 0 radical (unpaired) electrons. The number of carbonyl (C=O) groups excluding carboxylic acids is 2. The Kier molecular flexibility index (Phi) is 6.81. The molecule has 0 aromatic heterocycles. The van der Waals surface area contributed by atoms with Gasteiger partial charge in [0.1, 0.15) is 6.42 Å². The summed E-state index contributed by atoms with van der Waals surface area (Å²) in [5.74, 6) is -0.213. The highest BCUT2D eigenvalue weighted by Gasteiger charge is 2.18. The molecule has 2 aromatic rings. The fourth-order valence-electron chi connectivity index (χ4n) is 2.78. The van der Waals surface area contributed by atoms with Crippen molar-refractivity contribution >= 4 is 34.8 Å². The van der Waals surface area contributed by atoms with Gasteiger partial charge in [-0.1, -0.05) is 69.6 Å². The minimum Gasteiger partial charge on any atom is -0.325 e. The summed E-state index contributed by atoms with van der Waals surface area (Å²) < 4.78 is 0. The van der Waals surface area contributed by atoms with Gasteiger partial charge >= 0.3 is 0 Å². The van der Waals surface area contributed by atoms with E-state index in [-0.39, 0.29) is 24.2 Å². The summed E-state index contributed by atoms with van der Waals surface area (Å²) in [7, 11) is 0. The average Bonchev–Trinajstić information content (AvgIpc) is 2.56. The molecule has 4 nitrogen and oxygen atoms in total. The molecule has 138 valence electrons. The maximum absolute atomic E-state index is 12.4. The second-order valence-corrected chi connectivity index (χ2v) is 7.28. The van der Waals surface area contributed by atoms with Crippen molar-refractivity contribution in [3.63, 3.8) is 0 Å². The second-order valence-electron chi connectivity index (χ2n) is 6.87. The van der Waals surface area contributed by atoms with Gasteiger partial charge in [-0.15, -0.1) is 0 Å². The number of para-hydroxylation sites is 2. The Balaban J connectivity index is 2.12. The van der Waals surface area contributed by atoms with Crippen molar-refractivity contribution < 1.29 is 9.59 Å². The van der Waals surface area contributed by atoms with E-state index in [2.05, 4.69) is 38.3 Å². The highest BCUT2D eigenvalue weighted by Crippen LogP contribution is 2.32. The maximum Gasteiger partial charge on any atom is 0.233 e. The quantitative estimate of drug-likeness (QED) is 0.652. The molecule has 0 bridgehead atoms. The molecule has 0 heterocycles. The summed E-state index contributed by atoms with van der Waals surface area (Å²) in [5, 5.41) is 6.05. The van der Waals surface area contributed by atoms with Gasteiger partial charge in [0.05, 0.1) is 10.7 Å². The number of hydrogen-bond donors (Lipinski definition) is 2. The molecule has 26 heavy (non-hydrogen) atoms. The van der Waals surface area contributed by atoms with Gasteiger partial charge in [-0.05, 0) is 35.1 Å². The Morgan fingerprint density at radius 1 is 0.846 bits per heavy atom. The number of nitrogens with one attached hydrogen (secondary N) is 2. The number of anilines is 2. The molecule has 2 aromatic carbocycles. The van der Waals surface area contributed by atoms with Crippen LogP contribution in [-0.2, 0) is 9.59 Å². The Morgan fingerprint density at radius 2 is 1.38 bits per heavy atom. The fraction of sp³-hybridized carbons (Fsp3) is 0.333. The smallest absolute Gasteiger partial charge is 0.233 e. The van der Waals surface area contributed by atoms with Crippen LogP contribution in [0.1, 0.15) is 57.1 Å². The molecule has 0 aliphatic carbocycles. The normalized spacial score (nSPS) is 10.9. The van der Waals surface area contributed by atoms with Gasteiger partial charge in [0.2, 0.25) is 11.8 Å². The summed E-state index contributed by atoms with van der Waals surface area (Å²) in [6.07, 6.45) is -0.269. The first-order valence-corrected chi connectivity index (χ1v) is 9.14. The molecular weight excluding hydrogens is 348 g/mol. The number of rotatable bonds is 6. The van der Waals surface area contributed by atoms with Gasteiger partial charge in [0.15, 0.2) is 0 Å². The van der Waals surface area contributed by atoms with E-state index < -0.39 is 5.91 Å². The van der Waals surface area contributed by atoms with Crippen LogP contribution in [0.5, 0.6) is 0 Å². The van der Waals surface area contributed by atoms with Gasteiger partial charge in [-0.3, -0.25) is 9.59 Å². The maximum atomic E-state index is 12.4. The van der Waals surface area contributed by atoms with Crippen LogP contribution in [0, 0.1) is 0 Å². The zero-order valence-corrected chi connectivity index (χ0v) is 16.4. The third-order valence-electron chi connectivity index (χ3n) is 4.11. The lowest BCUT2D eigenvalue weighted by Gasteiger charge is -2.20. The van der Waals surface area contributed by atoms with E-state index in [1.54, 1.807) is 24.3 Å². The van der Waals surface area contributed by atoms with E-state index in [1.165, 1.54) is 0 Å². The third-order valence-corrected chi connectivity index (χ3v) is 4.44. The van der Waals surface area contributed by atoms with E-state index in [0.717, 1.165) is 16.8 Å². The fourth-order valence-corrected chi connectivity index (χ4v) is 2.96. The monoisotopic (exact) mass is 372 g/mol. The molecule has 2 amide bonds.